The van der Waals surface area contributed by atoms with Crippen LogP contribution >= 0.6 is 0 Å². The van der Waals surface area contributed by atoms with Crippen molar-refractivity contribution >= 4 is 11.9 Å². The van der Waals surface area contributed by atoms with Gasteiger partial charge in [-0.15, -0.1) is 0 Å². The van der Waals surface area contributed by atoms with E-state index < -0.39 is 11.4 Å². The highest BCUT2D eigenvalue weighted by atomic mass is 16.4. The van der Waals surface area contributed by atoms with Crippen molar-refractivity contribution in [1.29, 1.82) is 0 Å². The first-order chi connectivity index (χ1) is 18.9. The van der Waals surface area contributed by atoms with Crippen molar-refractivity contribution in [3.63, 3.8) is 0 Å². The number of aliphatic carboxylic acids is 1. The lowest BCUT2D eigenvalue weighted by Crippen LogP contribution is -2.33. The molecule has 0 aliphatic heterocycles. The number of carbonyl (C=O) groups is 2. The van der Waals surface area contributed by atoms with Gasteiger partial charge in [0, 0.05) is 18.2 Å². The van der Waals surface area contributed by atoms with Crippen molar-refractivity contribution in [2.75, 3.05) is 6.54 Å². The average Bonchev–Trinajstić information content (AvgIpc) is 3.56. The van der Waals surface area contributed by atoms with Crippen LogP contribution in [0.15, 0.2) is 83.7 Å². The first-order valence-corrected chi connectivity index (χ1v) is 13.9. The van der Waals surface area contributed by atoms with Crippen molar-refractivity contribution in [3.8, 4) is 11.3 Å². The molecule has 1 heterocycles. The molecule has 39 heavy (non-hydrogen) atoms. The highest BCUT2D eigenvalue weighted by Gasteiger charge is 2.47. The minimum Gasteiger partial charge on any atom is -0.481 e. The summed E-state index contributed by atoms with van der Waals surface area (Å²) in [6.45, 7) is 0.836. The molecular weight excluding hydrogens is 490 g/mol. The number of nitrogens with one attached hydrogen (secondary N) is 1. The SMILES string of the molecule is O=C(NCC/C=C/C1(C(=O)O)CC1)C(c1ccc(Cn2nc(-c3ccccc3)ccc2=O)cc1)C1CCCC1. The smallest absolute Gasteiger partial charge is 0.313 e. The van der Waals surface area contributed by atoms with Gasteiger partial charge >= 0.3 is 5.97 Å². The van der Waals surface area contributed by atoms with Crippen LogP contribution in [0.25, 0.3) is 11.3 Å². The summed E-state index contributed by atoms with van der Waals surface area (Å²) in [5.41, 5.74) is 2.79. The largest absolute Gasteiger partial charge is 0.481 e. The summed E-state index contributed by atoms with van der Waals surface area (Å²) in [6.07, 6.45) is 9.99. The molecule has 2 aromatic carbocycles. The van der Waals surface area contributed by atoms with Gasteiger partial charge in [0.2, 0.25) is 5.91 Å². The van der Waals surface area contributed by atoms with Gasteiger partial charge in [-0.2, -0.15) is 5.10 Å². The van der Waals surface area contributed by atoms with Crippen LogP contribution < -0.4 is 10.9 Å². The van der Waals surface area contributed by atoms with E-state index in [2.05, 4.69) is 10.4 Å². The molecule has 0 radical (unpaired) electrons. The van der Waals surface area contributed by atoms with Crippen LogP contribution in [0.1, 0.15) is 62.0 Å². The Morgan fingerprint density at radius 1 is 1.03 bits per heavy atom. The molecule has 1 amide bonds. The summed E-state index contributed by atoms with van der Waals surface area (Å²) >= 11 is 0. The third-order valence-corrected chi connectivity index (χ3v) is 8.02. The lowest BCUT2D eigenvalue weighted by molar-refractivity contribution is -0.141. The summed E-state index contributed by atoms with van der Waals surface area (Å²) in [5, 5.41) is 17.0. The molecule has 2 fully saturated rings. The van der Waals surface area contributed by atoms with Crippen molar-refractivity contribution in [2.45, 2.75) is 57.4 Å². The molecule has 2 saturated carbocycles. The zero-order chi connectivity index (χ0) is 27.2. The number of rotatable bonds is 11. The maximum absolute atomic E-state index is 13.3. The maximum Gasteiger partial charge on any atom is 0.313 e. The Morgan fingerprint density at radius 3 is 2.41 bits per heavy atom. The third kappa shape index (κ3) is 6.36. The molecule has 1 atom stereocenters. The van der Waals surface area contributed by atoms with E-state index in [-0.39, 0.29) is 17.4 Å². The summed E-state index contributed by atoms with van der Waals surface area (Å²) < 4.78 is 1.47. The Balaban J connectivity index is 1.25. The van der Waals surface area contributed by atoms with E-state index >= 15 is 0 Å². The molecule has 2 N–H and O–H groups in total. The summed E-state index contributed by atoms with van der Waals surface area (Å²) in [7, 11) is 0. The maximum atomic E-state index is 13.3. The van der Waals surface area contributed by atoms with Crippen molar-refractivity contribution in [1.82, 2.24) is 15.1 Å². The van der Waals surface area contributed by atoms with E-state index in [4.69, 9.17) is 0 Å². The van der Waals surface area contributed by atoms with Gasteiger partial charge in [-0.1, -0.05) is 79.6 Å². The predicted molar refractivity (Wildman–Crippen MR) is 150 cm³/mol. The summed E-state index contributed by atoms with van der Waals surface area (Å²) in [6, 6.07) is 21.0. The second-order valence-electron chi connectivity index (χ2n) is 10.8. The fourth-order valence-corrected chi connectivity index (χ4v) is 5.54. The monoisotopic (exact) mass is 525 g/mol. The van der Waals surface area contributed by atoms with Crippen LogP contribution in [0.4, 0.5) is 0 Å². The molecule has 0 spiro atoms. The highest BCUT2D eigenvalue weighted by molar-refractivity contribution is 5.84. The number of hydrogen-bond donors (Lipinski definition) is 2. The predicted octanol–water partition coefficient (Wildman–Crippen LogP) is 5.16. The standard InChI is InChI=1S/C32H35N3O4/c36-28-17-16-27(24-8-2-1-3-9-24)34-35(28)22-23-12-14-26(15-13-23)29(25-10-4-5-11-25)30(37)33-21-7-6-18-32(19-20-32)31(38)39/h1-3,6,8-9,12-18,25,29H,4-5,7,10-11,19-22H2,(H,33,37)(H,38,39)/b18-6+. The van der Waals surface area contributed by atoms with Crippen LogP contribution in [0, 0.1) is 11.3 Å². The van der Waals surface area contributed by atoms with Gasteiger partial charge in [-0.3, -0.25) is 14.4 Å². The lowest BCUT2D eigenvalue weighted by atomic mass is 9.83. The zero-order valence-corrected chi connectivity index (χ0v) is 22.1. The van der Waals surface area contributed by atoms with E-state index in [0.29, 0.717) is 38.3 Å². The Kier molecular flexibility index (Phi) is 8.05. The van der Waals surface area contributed by atoms with Crippen LogP contribution in [0.5, 0.6) is 0 Å². The number of carboxylic acid groups (broad SMARTS) is 1. The average molecular weight is 526 g/mol. The fourth-order valence-electron chi connectivity index (χ4n) is 5.54. The summed E-state index contributed by atoms with van der Waals surface area (Å²) in [4.78, 5) is 37.1. The number of amides is 1. The molecule has 202 valence electrons. The zero-order valence-electron chi connectivity index (χ0n) is 22.1. The van der Waals surface area contributed by atoms with Gasteiger partial charge in [-0.25, -0.2) is 4.68 Å². The van der Waals surface area contributed by atoms with Crippen molar-refractivity contribution in [3.05, 3.63) is 100 Å². The Bertz CT molecular complexity index is 1380. The minimum atomic E-state index is -0.767. The van der Waals surface area contributed by atoms with E-state index in [1.807, 2.05) is 60.7 Å². The van der Waals surface area contributed by atoms with Crippen LogP contribution in [-0.2, 0) is 16.1 Å². The van der Waals surface area contributed by atoms with Crippen molar-refractivity contribution in [2.24, 2.45) is 11.3 Å². The Morgan fingerprint density at radius 2 is 1.74 bits per heavy atom. The first kappa shape index (κ1) is 26.6. The lowest BCUT2D eigenvalue weighted by Gasteiger charge is -2.23. The highest BCUT2D eigenvalue weighted by Crippen LogP contribution is 2.47. The van der Waals surface area contributed by atoms with Gasteiger partial charge in [-0.05, 0) is 55.2 Å². The van der Waals surface area contributed by atoms with Crippen LogP contribution in [-0.4, -0.2) is 33.3 Å². The fraction of sp³-hybridized carbons (Fsp3) is 0.375. The van der Waals surface area contributed by atoms with Gasteiger partial charge < -0.3 is 10.4 Å². The number of aromatic nitrogens is 2. The third-order valence-electron chi connectivity index (χ3n) is 8.02. The second-order valence-corrected chi connectivity index (χ2v) is 10.8. The normalized spacial score (nSPS) is 17.2. The molecule has 3 aromatic rings. The molecule has 1 aromatic heterocycles. The second kappa shape index (κ2) is 11.8. The summed E-state index contributed by atoms with van der Waals surface area (Å²) in [5.74, 6) is -0.658. The molecule has 0 bridgehead atoms. The number of hydrogen-bond acceptors (Lipinski definition) is 4. The molecule has 2 aliphatic rings. The molecule has 7 nitrogen and oxygen atoms in total. The molecule has 2 aliphatic carbocycles. The first-order valence-electron chi connectivity index (χ1n) is 13.9. The topological polar surface area (TPSA) is 101 Å². The van der Waals surface area contributed by atoms with Gasteiger partial charge in [0.15, 0.2) is 0 Å². The van der Waals surface area contributed by atoms with Gasteiger partial charge in [0.1, 0.15) is 0 Å². The minimum absolute atomic E-state index is 0.0240. The van der Waals surface area contributed by atoms with E-state index in [1.54, 1.807) is 18.2 Å². The number of carboxylic acids is 1. The Labute approximate surface area is 228 Å². The molecule has 5 rings (SSSR count). The molecule has 0 saturated heterocycles. The molecule has 7 heteroatoms. The van der Waals surface area contributed by atoms with Crippen molar-refractivity contribution < 1.29 is 14.7 Å². The van der Waals surface area contributed by atoms with Gasteiger partial charge in [0.25, 0.3) is 5.56 Å². The number of benzene rings is 2. The van der Waals surface area contributed by atoms with E-state index in [9.17, 15) is 19.5 Å². The molecular formula is C32H35N3O4. The van der Waals surface area contributed by atoms with E-state index in [1.165, 1.54) is 4.68 Å². The number of nitrogens with zero attached hydrogens (tertiary/aromatic N) is 2. The van der Waals surface area contributed by atoms with E-state index in [0.717, 1.165) is 48.1 Å². The van der Waals surface area contributed by atoms with Crippen LogP contribution in [0.3, 0.4) is 0 Å². The van der Waals surface area contributed by atoms with Gasteiger partial charge in [0.05, 0.1) is 23.6 Å². The Hall–Kier alpha value is -4.00. The van der Waals surface area contributed by atoms with Crippen LogP contribution in [0.2, 0.25) is 0 Å². The number of carbonyl (C=O) groups excluding carboxylic acids is 1. The molecule has 1 unspecified atom stereocenters. The quantitative estimate of drug-likeness (QED) is 0.266.